The fourth-order valence-electron chi connectivity index (χ4n) is 4.39. The van der Waals surface area contributed by atoms with Crippen LogP contribution < -0.4 is 5.32 Å². The SMILES string of the molecule is CC(NC(=O)c1ccn(Cn2cccn2)n1)C1CC2CCC1C2. The van der Waals surface area contributed by atoms with Crippen molar-refractivity contribution < 1.29 is 4.79 Å². The minimum atomic E-state index is -0.0699. The normalized spacial score (nSPS) is 27.3. The fourth-order valence-corrected chi connectivity index (χ4v) is 4.39. The van der Waals surface area contributed by atoms with E-state index in [1.807, 2.05) is 18.5 Å². The Morgan fingerprint density at radius 3 is 2.96 bits per heavy atom. The lowest BCUT2D eigenvalue weighted by molar-refractivity contribution is 0.0909. The van der Waals surface area contributed by atoms with Crippen LogP contribution >= 0.6 is 0 Å². The molecular weight excluding hydrogens is 290 g/mol. The maximum absolute atomic E-state index is 12.4. The van der Waals surface area contributed by atoms with Gasteiger partial charge in [-0.3, -0.25) is 14.2 Å². The van der Waals surface area contributed by atoms with Gasteiger partial charge >= 0.3 is 0 Å². The van der Waals surface area contributed by atoms with Gasteiger partial charge < -0.3 is 5.32 Å². The highest BCUT2D eigenvalue weighted by atomic mass is 16.2. The molecule has 0 saturated heterocycles. The first-order valence-corrected chi connectivity index (χ1v) is 8.51. The van der Waals surface area contributed by atoms with Gasteiger partial charge in [0.15, 0.2) is 0 Å². The quantitative estimate of drug-likeness (QED) is 0.920. The number of carbonyl (C=O) groups excluding carboxylic acids is 1. The summed E-state index contributed by atoms with van der Waals surface area (Å²) in [5, 5.41) is 11.7. The molecule has 2 aliphatic rings. The molecule has 2 bridgehead atoms. The second kappa shape index (κ2) is 5.83. The monoisotopic (exact) mass is 313 g/mol. The molecule has 6 heteroatoms. The second-order valence-corrected chi connectivity index (χ2v) is 7.03. The van der Waals surface area contributed by atoms with Gasteiger partial charge in [0.2, 0.25) is 0 Å². The predicted octanol–water partition coefficient (Wildman–Crippen LogP) is 2.14. The Kier molecular flexibility index (Phi) is 3.67. The number of nitrogens with zero attached hydrogens (tertiary/aromatic N) is 4. The van der Waals surface area contributed by atoms with Crippen LogP contribution in [0.15, 0.2) is 30.7 Å². The van der Waals surface area contributed by atoms with E-state index in [1.54, 1.807) is 21.6 Å². The summed E-state index contributed by atoms with van der Waals surface area (Å²) in [7, 11) is 0. The van der Waals surface area contributed by atoms with Gasteiger partial charge in [-0.2, -0.15) is 10.2 Å². The molecule has 4 atom stereocenters. The summed E-state index contributed by atoms with van der Waals surface area (Å²) < 4.78 is 3.50. The lowest BCUT2D eigenvalue weighted by Crippen LogP contribution is -2.40. The predicted molar refractivity (Wildman–Crippen MR) is 85.7 cm³/mol. The van der Waals surface area contributed by atoms with Crippen molar-refractivity contribution in [1.29, 1.82) is 0 Å². The summed E-state index contributed by atoms with van der Waals surface area (Å²) in [5.41, 5.74) is 0.479. The van der Waals surface area contributed by atoms with Gasteiger partial charge in [-0.1, -0.05) is 6.42 Å². The van der Waals surface area contributed by atoms with Crippen molar-refractivity contribution in [2.45, 2.75) is 45.3 Å². The van der Waals surface area contributed by atoms with Crippen LogP contribution in [0, 0.1) is 17.8 Å². The minimum Gasteiger partial charge on any atom is -0.348 e. The molecule has 1 amide bonds. The summed E-state index contributed by atoms with van der Waals surface area (Å²) in [4.78, 5) is 12.4. The van der Waals surface area contributed by atoms with Crippen LogP contribution in [0.4, 0.5) is 0 Å². The van der Waals surface area contributed by atoms with Gasteiger partial charge in [0.1, 0.15) is 12.4 Å². The largest absolute Gasteiger partial charge is 0.348 e. The van der Waals surface area contributed by atoms with Gasteiger partial charge in [-0.15, -0.1) is 0 Å². The Morgan fingerprint density at radius 1 is 1.35 bits per heavy atom. The van der Waals surface area contributed by atoms with Crippen LogP contribution in [0.1, 0.15) is 43.1 Å². The molecule has 0 aliphatic heterocycles. The van der Waals surface area contributed by atoms with Crippen LogP contribution in [0.5, 0.6) is 0 Å². The van der Waals surface area contributed by atoms with Gasteiger partial charge in [-0.05, 0) is 56.1 Å². The first-order valence-electron chi connectivity index (χ1n) is 8.51. The molecule has 2 aliphatic carbocycles. The lowest BCUT2D eigenvalue weighted by Gasteiger charge is -2.28. The fraction of sp³-hybridized carbons (Fsp3) is 0.588. The van der Waals surface area contributed by atoms with Crippen molar-refractivity contribution in [3.8, 4) is 0 Å². The zero-order chi connectivity index (χ0) is 15.8. The molecular formula is C17H23N5O. The van der Waals surface area contributed by atoms with Gasteiger partial charge in [0, 0.05) is 24.6 Å². The summed E-state index contributed by atoms with van der Waals surface area (Å²) in [6, 6.07) is 3.87. The highest BCUT2D eigenvalue weighted by Crippen LogP contribution is 2.49. The molecule has 0 aromatic carbocycles. The van der Waals surface area contributed by atoms with Crippen LogP contribution in [0.25, 0.3) is 0 Å². The van der Waals surface area contributed by atoms with E-state index in [9.17, 15) is 4.79 Å². The molecule has 6 nitrogen and oxygen atoms in total. The van der Waals surface area contributed by atoms with Crippen LogP contribution in [0.3, 0.4) is 0 Å². The van der Waals surface area contributed by atoms with Crippen LogP contribution in [-0.2, 0) is 6.67 Å². The summed E-state index contributed by atoms with van der Waals surface area (Å²) in [5.74, 6) is 2.29. The number of carbonyl (C=O) groups is 1. The standard InChI is InChI=1S/C17H23N5O/c1-12(15-10-13-3-4-14(15)9-13)19-17(23)16-5-8-22(20-16)11-21-7-2-6-18-21/h2,5-8,12-15H,3-4,9-11H2,1H3,(H,19,23). The number of rotatable bonds is 5. The molecule has 2 fully saturated rings. The lowest BCUT2D eigenvalue weighted by atomic mass is 9.84. The van der Waals surface area contributed by atoms with E-state index in [0.29, 0.717) is 18.3 Å². The van der Waals surface area contributed by atoms with E-state index in [0.717, 1.165) is 11.8 Å². The van der Waals surface area contributed by atoms with Crippen molar-refractivity contribution in [1.82, 2.24) is 24.9 Å². The molecule has 0 spiro atoms. The van der Waals surface area contributed by atoms with E-state index in [-0.39, 0.29) is 11.9 Å². The van der Waals surface area contributed by atoms with E-state index in [2.05, 4.69) is 22.4 Å². The third-order valence-corrected chi connectivity index (χ3v) is 5.52. The van der Waals surface area contributed by atoms with E-state index >= 15 is 0 Å². The van der Waals surface area contributed by atoms with Gasteiger partial charge in [0.25, 0.3) is 5.91 Å². The number of hydrogen-bond donors (Lipinski definition) is 1. The Labute approximate surface area is 135 Å². The maximum atomic E-state index is 12.4. The highest BCUT2D eigenvalue weighted by molar-refractivity contribution is 5.92. The summed E-state index contributed by atoms with van der Waals surface area (Å²) in [6.45, 7) is 2.66. The molecule has 1 N–H and O–H groups in total. The van der Waals surface area contributed by atoms with Crippen molar-refractivity contribution >= 4 is 5.91 Å². The van der Waals surface area contributed by atoms with Crippen LogP contribution in [0.2, 0.25) is 0 Å². The number of aromatic nitrogens is 4. The smallest absolute Gasteiger partial charge is 0.271 e. The van der Waals surface area contributed by atoms with Crippen molar-refractivity contribution in [2.24, 2.45) is 17.8 Å². The average Bonchev–Trinajstić information content (AvgIpc) is 3.32. The van der Waals surface area contributed by atoms with Gasteiger partial charge in [-0.25, -0.2) is 0 Å². The van der Waals surface area contributed by atoms with Crippen LogP contribution in [-0.4, -0.2) is 31.5 Å². The third-order valence-electron chi connectivity index (χ3n) is 5.52. The van der Waals surface area contributed by atoms with E-state index in [4.69, 9.17) is 0 Å². The minimum absolute atomic E-state index is 0.0699. The molecule has 23 heavy (non-hydrogen) atoms. The Balaban J connectivity index is 1.36. The third kappa shape index (κ3) is 2.90. The molecule has 2 aromatic heterocycles. The number of amides is 1. The topological polar surface area (TPSA) is 64.7 Å². The summed E-state index contributed by atoms with van der Waals surface area (Å²) >= 11 is 0. The Bertz CT molecular complexity index is 677. The second-order valence-electron chi connectivity index (χ2n) is 7.03. The zero-order valence-electron chi connectivity index (χ0n) is 13.4. The molecule has 122 valence electrons. The molecule has 4 rings (SSSR count). The first-order chi connectivity index (χ1) is 11.2. The number of fused-ring (bicyclic) bond motifs is 2. The highest BCUT2D eigenvalue weighted by Gasteiger charge is 2.42. The molecule has 4 unspecified atom stereocenters. The number of hydrogen-bond acceptors (Lipinski definition) is 3. The van der Waals surface area contributed by atoms with Crippen molar-refractivity contribution in [2.75, 3.05) is 0 Å². The maximum Gasteiger partial charge on any atom is 0.271 e. The Hall–Kier alpha value is -2.11. The molecule has 2 aromatic rings. The van der Waals surface area contributed by atoms with Crippen molar-refractivity contribution in [3.05, 3.63) is 36.4 Å². The molecule has 2 heterocycles. The van der Waals surface area contributed by atoms with E-state index < -0.39 is 0 Å². The molecule has 0 radical (unpaired) electrons. The van der Waals surface area contributed by atoms with E-state index in [1.165, 1.54) is 25.7 Å². The van der Waals surface area contributed by atoms with Gasteiger partial charge in [0.05, 0.1) is 0 Å². The first kappa shape index (κ1) is 14.5. The number of nitrogens with one attached hydrogen (secondary N) is 1. The summed E-state index contributed by atoms with van der Waals surface area (Å²) in [6.07, 6.45) is 10.8. The molecule has 2 saturated carbocycles. The average molecular weight is 313 g/mol. The van der Waals surface area contributed by atoms with Crippen molar-refractivity contribution in [3.63, 3.8) is 0 Å². The Morgan fingerprint density at radius 2 is 2.26 bits per heavy atom. The zero-order valence-corrected chi connectivity index (χ0v) is 13.4.